The molecule has 7 heteroatoms. The first-order chi connectivity index (χ1) is 12.3. The molecule has 0 heterocycles. The van der Waals surface area contributed by atoms with Gasteiger partial charge in [0.15, 0.2) is 0 Å². The molecule has 2 N–H and O–H groups in total. The topological polar surface area (TPSA) is 67.4 Å². The fourth-order valence-corrected chi connectivity index (χ4v) is 2.31. The van der Waals surface area contributed by atoms with Crippen LogP contribution >= 0.6 is 0 Å². The Labute approximate surface area is 150 Å². The van der Waals surface area contributed by atoms with Crippen LogP contribution in [0.1, 0.15) is 24.2 Å². The zero-order valence-electron chi connectivity index (χ0n) is 14.7. The number of methoxy groups -OCH3 is 1. The highest BCUT2D eigenvalue weighted by Gasteiger charge is 2.25. The van der Waals surface area contributed by atoms with E-state index in [-0.39, 0.29) is 11.6 Å². The lowest BCUT2D eigenvalue weighted by Gasteiger charge is -2.22. The van der Waals surface area contributed by atoms with Crippen LogP contribution < -0.4 is 15.4 Å². The Morgan fingerprint density at radius 2 is 1.69 bits per heavy atom. The number of anilines is 1. The van der Waals surface area contributed by atoms with Crippen LogP contribution in [0.5, 0.6) is 5.75 Å². The molecule has 2 amide bonds. The lowest BCUT2D eigenvalue weighted by atomic mass is 10.0. The highest BCUT2D eigenvalue weighted by atomic mass is 19.1. The van der Waals surface area contributed by atoms with Crippen LogP contribution in [0.2, 0.25) is 0 Å². The Bertz CT molecular complexity index is 792. The maximum Gasteiger partial charge on any atom is 0.251 e. The second kappa shape index (κ2) is 8.42. The van der Waals surface area contributed by atoms with E-state index in [9.17, 15) is 18.4 Å². The molecule has 0 aliphatic heterocycles. The Hall–Kier alpha value is -2.96. The van der Waals surface area contributed by atoms with E-state index in [0.29, 0.717) is 11.3 Å². The van der Waals surface area contributed by atoms with Gasteiger partial charge in [-0.15, -0.1) is 0 Å². The van der Waals surface area contributed by atoms with Gasteiger partial charge < -0.3 is 15.4 Å². The summed E-state index contributed by atoms with van der Waals surface area (Å²) in [6, 6.07) is 8.22. The number of rotatable bonds is 6. The number of benzene rings is 2. The van der Waals surface area contributed by atoms with Crippen LogP contribution in [0.25, 0.3) is 0 Å². The van der Waals surface area contributed by atoms with Gasteiger partial charge in [0.2, 0.25) is 5.91 Å². The van der Waals surface area contributed by atoms with E-state index in [1.807, 2.05) is 0 Å². The minimum absolute atomic E-state index is 0.270. The third-order valence-electron chi connectivity index (χ3n) is 3.77. The first kappa shape index (κ1) is 19.4. The van der Waals surface area contributed by atoms with Gasteiger partial charge in [0.05, 0.1) is 12.8 Å². The van der Waals surface area contributed by atoms with Crippen molar-refractivity contribution in [1.82, 2.24) is 5.32 Å². The van der Waals surface area contributed by atoms with E-state index in [0.717, 1.165) is 18.2 Å². The van der Waals surface area contributed by atoms with Crippen molar-refractivity contribution in [2.24, 2.45) is 5.92 Å². The van der Waals surface area contributed by atoms with Crippen molar-refractivity contribution in [1.29, 1.82) is 0 Å². The average Bonchev–Trinajstić information content (AvgIpc) is 2.62. The maximum absolute atomic E-state index is 13.7. The summed E-state index contributed by atoms with van der Waals surface area (Å²) in [5.74, 6) is -2.20. The summed E-state index contributed by atoms with van der Waals surface area (Å²) < 4.78 is 32.0. The first-order valence-corrected chi connectivity index (χ1v) is 8.02. The molecule has 0 aromatic heterocycles. The van der Waals surface area contributed by atoms with Gasteiger partial charge in [-0.3, -0.25) is 9.59 Å². The van der Waals surface area contributed by atoms with Crippen molar-refractivity contribution in [2.75, 3.05) is 12.4 Å². The van der Waals surface area contributed by atoms with Gasteiger partial charge in [-0.25, -0.2) is 8.78 Å². The van der Waals surface area contributed by atoms with Crippen molar-refractivity contribution in [3.05, 3.63) is 59.7 Å². The molecule has 0 aliphatic rings. The summed E-state index contributed by atoms with van der Waals surface area (Å²) in [5, 5.41) is 4.94. The molecule has 2 aromatic carbocycles. The fourth-order valence-electron chi connectivity index (χ4n) is 2.31. The van der Waals surface area contributed by atoms with Crippen LogP contribution in [-0.4, -0.2) is 25.0 Å². The van der Waals surface area contributed by atoms with Gasteiger partial charge in [0.25, 0.3) is 5.91 Å². The predicted octanol–water partition coefficient (Wildman–Crippen LogP) is 3.37. The second-order valence-electron chi connectivity index (χ2n) is 6.04. The molecule has 138 valence electrons. The number of carbonyl (C=O) groups excluding carboxylic acids is 2. The number of hydrogen-bond acceptors (Lipinski definition) is 3. The highest BCUT2D eigenvalue weighted by molar-refractivity contribution is 6.01. The van der Waals surface area contributed by atoms with Crippen LogP contribution in [0.15, 0.2) is 42.5 Å². The number of hydrogen-bond donors (Lipinski definition) is 2. The van der Waals surface area contributed by atoms with Gasteiger partial charge >= 0.3 is 0 Å². The highest BCUT2D eigenvalue weighted by Crippen LogP contribution is 2.17. The molecule has 0 radical (unpaired) electrons. The molecular weight excluding hydrogens is 342 g/mol. The van der Waals surface area contributed by atoms with Crippen LogP contribution in [0.3, 0.4) is 0 Å². The normalized spacial score (nSPS) is 11.8. The first-order valence-electron chi connectivity index (χ1n) is 8.02. The molecule has 0 spiro atoms. The number of nitrogens with one attached hydrogen (secondary N) is 2. The average molecular weight is 362 g/mol. The number of amides is 2. The van der Waals surface area contributed by atoms with Gasteiger partial charge in [-0.1, -0.05) is 13.8 Å². The van der Waals surface area contributed by atoms with Crippen molar-refractivity contribution in [3.8, 4) is 5.75 Å². The number of ether oxygens (including phenoxy) is 1. The fraction of sp³-hybridized carbons (Fsp3) is 0.263. The van der Waals surface area contributed by atoms with Crippen molar-refractivity contribution in [3.63, 3.8) is 0 Å². The molecule has 2 aromatic rings. The van der Waals surface area contributed by atoms with E-state index in [2.05, 4.69) is 10.6 Å². The molecule has 5 nitrogen and oxygen atoms in total. The zero-order chi connectivity index (χ0) is 19.3. The molecule has 2 rings (SSSR count). The molecular formula is C19H20F2N2O3. The largest absolute Gasteiger partial charge is 0.497 e. The smallest absolute Gasteiger partial charge is 0.251 e. The summed E-state index contributed by atoms with van der Waals surface area (Å²) in [6.45, 7) is 3.47. The minimum atomic E-state index is -0.924. The zero-order valence-corrected chi connectivity index (χ0v) is 14.7. The standard InChI is InChI=1S/C19H20F2N2O3/c1-11(2)17(19(25)22-16-10-13(20)6-9-15(16)21)23-18(24)12-4-7-14(26-3)8-5-12/h4-11,17H,1-3H3,(H,22,25)(H,23,24)/t17-/m1/s1. The lowest BCUT2D eigenvalue weighted by molar-refractivity contribution is -0.118. The number of carbonyl (C=O) groups is 2. The predicted molar refractivity (Wildman–Crippen MR) is 94.1 cm³/mol. The van der Waals surface area contributed by atoms with E-state index in [1.165, 1.54) is 7.11 Å². The third-order valence-corrected chi connectivity index (χ3v) is 3.77. The van der Waals surface area contributed by atoms with Crippen LogP contribution in [-0.2, 0) is 4.79 Å². The summed E-state index contributed by atoms with van der Waals surface area (Å²) in [5.41, 5.74) is 0.0699. The Balaban J connectivity index is 2.13. The third kappa shape index (κ3) is 4.78. The SMILES string of the molecule is COc1ccc(C(=O)N[C@@H](C(=O)Nc2cc(F)ccc2F)C(C)C)cc1. The molecule has 0 fully saturated rings. The van der Waals surface area contributed by atoms with Gasteiger partial charge in [-0.2, -0.15) is 0 Å². The quantitative estimate of drug-likeness (QED) is 0.828. The summed E-state index contributed by atoms with van der Waals surface area (Å²) >= 11 is 0. The van der Waals surface area contributed by atoms with Crippen LogP contribution in [0, 0.1) is 17.6 Å². The van der Waals surface area contributed by atoms with E-state index >= 15 is 0 Å². The Morgan fingerprint density at radius 1 is 1.04 bits per heavy atom. The van der Waals surface area contributed by atoms with Crippen molar-refractivity contribution < 1.29 is 23.1 Å². The summed E-state index contributed by atoms with van der Waals surface area (Å²) in [7, 11) is 1.51. The van der Waals surface area contributed by atoms with E-state index in [4.69, 9.17) is 4.74 Å². The summed E-state index contributed by atoms with van der Waals surface area (Å²) in [4.78, 5) is 24.8. The Kier molecular flexibility index (Phi) is 6.27. The Morgan fingerprint density at radius 3 is 2.27 bits per heavy atom. The van der Waals surface area contributed by atoms with Gasteiger partial charge in [0.1, 0.15) is 23.4 Å². The molecule has 0 unspecified atom stereocenters. The minimum Gasteiger partial charge on any atom is -0.497 e. The lowest BCUT2D eigenvalue weighted by Crippen LogP contribution is -2.47. The van der Waals surface area contributed by atoms with E-state index in [1.54, 1.807) is 38.1 Å². The molecule has 0 saturated heterocycles. The van der Waals surface area contributed by atoms with Crippen molar-refractivity contribution >= 4 is 17.5 Å². The molecule has 0 bridgehead atoms. The molecule has 1 atom stereocenters. The summed E-state index contributed by atoms with van der Waals surface area (Å²) in [6.07, 6.45) is 0. The monoisotopic (exact) mass is 362 g/mol. The molecule has 0 aliphatic carbocycles. The molecule has 26 heavy (non-hydrogen) atoms. The van der Waals surface area contributed by atoms with Gasteiger partial charge in [0, 0.05) is 11.6 Å². The van der Waals surface area contributed by atoms with Crippen LogP contribution in [0.4, 0.5) is 14.5 Å². The maximum atomic E-state index is 13.7. The molecule has 0 saturated carbocycles. The van der Waals surface area contributed by atoms with E-state index < -0.39 is 29.5 Å². The van der Waals surface area contributed by atoms with Gasteiger partial charge in [-0.05, 0) is 42.3 Å². The second-order valence-corrected chi connectivity index (χ2v) is 6.04. The van der Waals surface area contributed by atoms with Crippen molar-refractivity contribution in [2.45, 2.75) is 19.9 Å². The number of halogens is 2.